The van der Waals surface area contributed by atoms with Gasteiger partial charge < -0.3 is 29.7 Å². The first-order valence-corrected chi connectivity index (χ1v) is 25.3. The number of carbonyl (C=O) groups excluding carboxylic acids is 3. The third-order valence-corrected chi connectivity index (χ3v) is 11.8. The molecule has 0 saturated carbocycles. The Labute approximate surface area is 374 Å². The average Bonchev–Trinajstić information content (AvgIpc) is 3.25. The number of hydrogen-bond acceptors (Lipinski definition) is 9. The number of likely N-dealkylation sites (N-methyl/N-ethyl adjacent to an activating group) is 2. The average molecular weight is 859 g/mol. The van der Waals surface area contributed by atoms with E-state index in [0.29, 0.717) is 56.6 Å². The Morgan fingerprint density at radius 2 is 1.18 bits per heavy atom. The maximum absolute atomic E-state index is 13.4. The zero-order valence-corrected chi connectivity index (χ0v) is 40.2. The van der Waals surface area contributed by atoms with Gasteiger partial charge in [0.25, 0.3) is 0 Å². The van der Waals surface area contributed by atoms with Gasteiger partial charge in [-0.25, -0.2) is 4.79 Å². The number of aliphatic hydroxyl groups is 1. The van der Waals surface area contributed by atoms with Gasteiger partial charge in [-0.15, -0.1) is 0 Å². The number of aromatic nitrogens is 1. The first-order chi connectivity index (χ1) is 29.7. The highest BCUT2D eigenvalue weighted by atomic mass is 16.6. The zero-order valence-electron chi connectivity index (χ0n) is 40.2. The van der Waals surface area contributed by atoms with E-state index < -0.39 is 18.4 Å². The summed E-state index contributed by atoms with van der Waals surface area (Å²) in [6, 6.07) is 3.28. The van der Waals surface area contributed by atoms with Crippen LogP contribution in [0.2, 0.25) is 0 Å². The smallest absolute Gasteiger partial charge is 0.338 e. The summed E-state index contributed by atoms with van der Waals surface area (Å²) < 4.78 is 11.8. The maximum atomic E-state index is 13.4. The zero-order chi connectivity index (χ0) is 44.6. The van der Waals surface area contributed by atoms with Crippen molar-refractivity contribution >= 4 is 17.7 Å². The summed E-state index contributed by atoms with van der Waals surface area (Å²) in [7, 11) is 3.98. The molecule has 0 aliphatic carbocycles. The molecule has 2 N–H and O–H groups in total. The van der Waals surface area contributed by atoms with Crippen molar-refractivity contribution in [2.75, 3.05) is 46.9 Å². The van der Waals surface area contributed by atoms with Gasteiger partial charge in [-0.05, 0) is 58.8 Å². The molecule has 1 aromatic heterocycles. The van der Waals surface area contributed by atoms with Crippen LogP contribution in [0.5, 0.6) is 0 Å². The number of ether oxygens (including phenoxy) is 2. The molecule has 0 bridgehead atoms. The Morgan fingerprint density at radius 3 is 1.69 bits per heavy atom. The normalized spacial score (nSPS) is 12.5. The molecule has 61 heavy (non-hydrogen) atoms. The number of rotatable bonds is 44. The van der Waals surface area contributed by atoms with Crippen molar-refractivity contribution in [3.05, 3.63) is 29.6 Å². The van der Waals surface area contributed by atoms with E-state index in [1.807, 2.05) is 25.9 Å². The number of aliphatic hydroxyl groups excluding tert-OH is 1. The lowest BCUT2D eigenvalue weighted by atomic mass is 10.0. The lowest BCUT2D eigenvalue weighted by Gasteiger charge is -2.23. The third kappa shape index (κ3) is 33.8. The number of pyridine rings is 1. The molecule has 2 unspecified atom stereocenters. The molecule has 1 rings (SSSR count). The standard InChI is InChI=1S/C51H94N4O6/c1-6-9-11-13-15-17-19-21-23-25-27-29-31-33-47(56)35-36-48(44-60-50(58)34-32-30-28-26-24-22-20-18-16-14-12-10-7-2)61-51(59)45-37-38-53-46(41-45)42-52-43-49(57)55(8-3)40-39-54(4)5/h37-38,41,48,50,52,58H,6-36,39-40,42-44H2,1-5H3. The summed E-state index contributed by atoms with van der Waals surface area (Å²) in [6.45, 7) is 9.12. The first kappa shape index (κ1) is 56.6. The highest BCUT2D eigenvalue weighted by Gasteiger charge is 2.20. The Hall–Kier alpha value is -2.40. The van der Waals surface area contributed by atoms with Crippen LogP contribution < -0.4 is 5.32 Å². The van der Waals surface area contributed by atoms with Crippen LogP contribution in [0.3, 0.4) is 0 Å². The molecule has 1 heterocycles. The number of carbonyl (C=O) groups is 3. The number of esters is 1. The van der Waals surface area contributed by atoms with Crippen LogP contribution in [0.25, 0.3) is 0 Å². The van der Waals surface area contributed by atoms with E-state index in [2.05, 4.69) is 29.0 Å². The van der Waals surface area contributed by atoms with E-state index >= 15 is 0 Å². The number of ketones is 1. The van der Waals surface area contributed by atoms with E-state index in [0.717, 1.165) is 32.2 Å². The van der Waals surface area contributed by atoms with E-state index in [-0.39, 0.29) is 24.8 Å². The predicted octanol–water partition coefficient (Wildman–Crippen LogP) is 11.8. The molecule has 1 amide bonds. The Bertz CT molecular complexity index is 1200. The molecular weight excluding hydrogens is 765 g/mol. The van der Waals surface area contributed by atoms with Crippen molar-refractivity contribution in [2.45, 2.75) is 232 Å². The Balaban J connectivity index is 2.56. The number of nitrogens with zero attached hydrogens (tertiary/aromatic N) is 3. The molecular formula is C51H94N4O6. The minimum Gasteiger partial charge on any atom is -0.456 e. The Kier molecular flexibility index (Phi) is 37.5. The highest BCUT2D eigenvalue weighted by Crippen LogP contribution is 2.17. The van der Waals surface area contributed by atoms with Gasteiger partial charge in [-0.1, -0.05) is 168 Å². The first-order valence-electron chi connectivity index (χ1n) is 25.3. The minimum atomic E-state index is -0.941. The summed E-state index contributed by atoms with van der Waals surface area (Å²) in [4.78, 5) is 47.3. The van der Waals surface area contributed by atoms with Crippen molar-refractivity contribution in [1.29, 1.82) is 0 Å². The van der Waals surface area contributed by atoms with Gasteiger partial charge in [0.05, 0.1) is 24.4 Å². The van der Waals surface area contributed by atoms with Crippen molar-refractivity contribution in [2.24, 2.45) is 0 Å². The molecule has 0 aliphatic rings. The van der Waals surface area contributed by atoms with Crippen LogP contribution >= 0.6 is 0 Å². The fourth-order valence-corrected chi connectivity index (χ4v) is 7.71. The number of hydrogen-bond donors (Lipinski definition) is 2. The molecule has 10 heteroatoms. The second-order valence-corrected chi connectivity index (χ2v) is 17.8. The van der Waals surface area contributed by atoms with Crippen LogP contribution in [0.4, 0.5) is 0 Å². The summed E-state index contributed by atoms with van der Waals surface area (Å²) in [5, 5.41) is 13.8. The van der Waals surface area contributed by atoms with Gasteiger partial charge in [0.1, 0.15) is 11.9 Å². The largest absolute Gasteiger partial charge is 0.456 e. The minimum absolute atomic E-state index is 0.0164. The maximum Gasteiger partial charge on any atom is 0.338 e. The molecule has 0 radical (unpaired) electrons. The summed E-state index contributed by atoms with van der Waals surface area (Å²) in [5.41, 5.74) is 0.961. The van der Waals surface area contributed by atoms with E-state index in [9.17, 15) is 19.5 Å². The van der Waals surface area contributed by atoms with E-state index in [1.54, 1.807) is 18.3 Å². The highest BCUT2D eigenvalue weighted by molar-refractivity contribution is 5.89. The van der Waals surface area contributed by atoms with Gasteiger partial charge in [-0.2, -0.15) is 0 Å². The van der Waals surface area contributed by atoms with E-state index in [4.69, 9.17) is 9.47 Å². The third-order valence-electron chi connectivity index (χ3n) is 11.8. The molecule has 2 atom stereocenters. The summed E-state index contributed by atoms with van der Waals surface area (Å²) >= 11 is 0. The van der Waals surface area contributed by atoms with Crippen molar-refractivity contribution in [3.8, 4) is 0 Å². The number of Topliss-reactive ketones (excluding diaryl/α,β-unsaturated/α-hetero) is 1. The number of nitrogens with one attached hydrogen (secondary N) is 1. The fraction of sp³-hybridized carbons (Fsp3) is 0.843. The molecule has 354 valence electrons. The van der Waals surface area contributed by atoms with Gasteiger partial charge in [-0.3, -0.25) is 14.6 Å². The molecule has 0 fully saturated rings. The lowest BCUT2D eigenvalue weighted by molar-refractivity contribution is -0.130. The second-order valence-electron chi connectivity index (χ2n) is 17.8. The summed E-state index contributed by atoms with van der Waals surface area (Å²) in [6.07, 6.45) is 34.6. The fourth-order valence-electron chi connectivity index (χ4n) is 7.71. The second kappa shape index (κ2) is 40.4. The molecule has 0 saturated heterocycles. The van der Waals surface area contributed by atoms with E-state index in [1.165, 1.54) is 141 Å². The van der Waals surface area contributed by atoms with Gasteiger partial charge >= 0.3 is 5.97 Å². The van der Waals surface area contributed by atoms with Crippen molar-refractivity contribution in [3.63, 3.8) is 0 Å². The topological polar surface area (TPSA) is 121 Å². The lowest BCUT2D eigenvalue weighted by Crippen LogP contribution is -2.41. The molecule has 0 aromatic carbocycles. The predicted molar refractivity (Wildman–Crippen MR) is 253 cm³/mol. The number of amides is 1. The Morgan fingerprint density at radius 1 is 0.672 bits per heavy atom. The molecule has 10 nitrogen and oxygen atoms in total. The number of unbranched alkanes of at least 4 members (excludes halogenated alkanes) is 24. The summed E-state index contributed by atoms with van der Waals surface area (Å²) in [5.74, 6) is -0.335. The van der Waals surface area contributed by atoms with Gasteiger partial charge in [0.2, 0.25) is 5.91 Å². The van der Waals surface area contributed by atoms with Crippen molar-refractivity contribution in [1.82, 2.24) is 20.1 Å². The quantitative estimate of drug-likeness (QED) is 0.0375. The van der Waals surface area contributed by atoms with Crippen LogP contribution in [-0.4, -0.2) is 96.8 Å². The molecule has 1 aromatic rings. The molecule has 0 spiro atoms. The van der Waals surface area contributed by atoms with Crippen LogP contribution in [0.1, 0.15) is 229 Å². The van der Waals surface area contributed by atoms with Crippen LogP contribution in [0, 0.1) is 0 Å². The SMILES string of the molecule is CCCCCCCCCCCCCCCC(=O)CCC(COC(O)CCCCCCCCCCCCCCC)OC(=O)c1ccnc(CNCC(=O)N(CC)CCN(C)C)c1. The van der Waals surface area contributed by atoms with Crippen molar-refractivity contribution < 1.29 is 29.0 Å². The van der Waals surface area contributed by atoms with Gasteiger partial charge in [0.15, 0.2) is 6.29 Å². The molecule has 0 aliphatic heterocycles. The monoisotopic (exact) mass is 859 g/mol. The van der Waals surface area contributed by atoms with Crippen LogP contribution in [0.15, 0.2) is 18.3 Å². The van der Waals surface area contributed by atoms with Crippen LogP contribution in [-0.2, 0) is 25.6 Å². The van der Waals surface area contributed by atoms with Gasteiger partial charge in [0, 0.05) is 45.2 Å².